The molecule has 0 aliphatic carbocycles. The number of halogens is 1. The van der Waals surface area contributed by atoms with Crippen LogP contribution in [0.5, 0.6) is 5.88 Å². The summed E-state index contributed by atoms with van der Waals surface area (Å²) < 4.78 is 5.76. The van der Waals surface area contributed by atoms with Crippen LogP contribution in [-0.2, 0) is 6.54 Å². The fourth-order valence-electron chi connectivity index (χ4n) is 2.53. The maximum atomic E-state index is 5.76. The molecule has 4 heteroatoms. The van der Waals surface area contributed by atoms with Crippen LogP contribution in [0.3, 0.4) is 0 Å². The largest absolute Gasteiger partial charge is 0.473 e. The lowest BCUT2D eigenvalue weighted by atomic mass is 10.0. The van der Waals surface area contributed by atoms with Crippen molar-refractivity contribution in [3.05, 3.63) is 84.6 Å². The first-order valence-electron chi connectivity index (χ1n) is 8.24. The molecule has 130 valence electrons. The second kappa shape index (κ2) is 9.82. The lowest BCUT2D eigenvalue weighted by Gasteiger charge is -2.14. The fourth-order valence-corrected chi connectivity index (χ4v) is 2.53. The number of aromatic nitrogens is 1. The molecule has 0 spiro atoms. The third-order valence-electron chi connectivity index (χ3n) is 3.78. The van der Waals surface area contributed by atoms with Crippen molar-refractivity contribution in [3.8, 4) is 17.0 Å². The molecule has 2 aromatic carbocycles. The van der Waals surface area contributed by atoms with Crippen LogP contribution in [0.15, 0.2) is 79.0 Å². The van der Waals surface area contributed by atoms with Gasteiger partial charge < -0.3 is 10.1 Å². The van der Waals surface area contributed by atoms with Gasteiger partial charge in [0.2, 0.25) is 5.88 Å². The van der Waals surface area contributed by atoms with Crippen molar-refractivity contribution in [2.45, 2.75) is 19.6 Å². The SMILES string of the molecule is CC(CNCc1ccc(-c2ccccc2)cc1)Oc1ccccn1.Cl. The predicted octanol–water partition coefficient (Wildman–Crippen LogP) is 4.73. The van der Waals surface area contributed by atoms with Gasteiger partial charge in [-0.1, -0.05) is 60.7 Å². The number of rotatable bonds is 7. The van der Waals surface area contributed by atoms with Crippen molar-refractivity contribution >= 4 is 12.4 Å². The van der Waals surface area contributed by atoms with E-state index in [0.29, 0.717) is 5.88 Å². The number of ether oxygens (including phenoxy) is 1. The molecule has 1 atom stereocenters. The predicted molar refractivity (Wildman–Crippen MR) is 105 cm³/mol. The molecule has 3 rings (SSSR count). The second-order valence-corrected chi connectivity index (χ2v) is 5.79. The summed E-state index contributed by atoms with van der Waals surface area (Å²) in [5, 5.41) is 3.43. The quantitative estimate of drug-likeness (QED) is 0.666. The van der Waals surface area contributed by atoms with E-state index in [0.717, 1.165) is 13.1 Å². The van der Waals surface area contributed by atoms with E-state index in [2.05, 4.69) is 58.8 Å². The van der Waals surface area contributed by atoms with Gasteiger partial charge >= 0.3 is 0 Å². The van der Waals surface area contributed by atoms with E-state index >= 15 is 0 Å². The van der Waals surface area contributed by atoms with E-state index in [1.165, 1.54) is 16.7 Å². The minimum absolute atomic E-state index is 0. The summed E-state index contributed by atoms with van der Waals surface area (Å²) in [4.78, 5) is 4.17. The lowest BCUT2D eigenvalue weighted by Crippen LogP contribution is -2.28. The molecule has 0 aliphatic heterocycles. The molecule has 1 heterocycles. The van der Waals surface area contributed by atoms with Crippen LogP contribution in [0.1, 0.15) is 12.5 Å². The number of hydrogen-bond donors (Lipinski definition) is 1. The molecule has 1 unspecified atom stereocenters. The topological polar surface area (TPSA) is 34.1 Å². The number of pyridine rings is 1. The summed E-state index contributed by atoms with van der Waals surface area (Å²) in [5.74, 6) is 0.666. The first-order chi connectivity index (χ1) is 11.8. The molecule has 0 radical (unpaired) electrons. The molecule has 0 saturated carbocycles. The Morgan fingerprint density at radius 3 is 2.24 bits per heavy atom. The Labute approximate surface area is 155 Å². The molecular weight excluding hydrogens is 332 g/mol. The van der Waals surface area contributed by atoms with E-state index in [-0.39, 0.29) is 18.5 Å². The van der Waals surface area contributed by atoms with Crippen LogP contribution in [0.2, 0.25) is 0 Å². The van der Waals surface area contributed by atoms with Crippen molar-refractivity contribution in [1.82, 2.24) is 10.3 Å². The highest BCUT2D eigenvalue weighted by atomic mass is 35.5. The Morgan fingerprint density at radius 1 is 0.880 bits per heavy atom. The second-order valence-electron chi connectivity index (χ2n) is 5.79. The highest BCUT2D eigenvalue weighted by molar-refractivity contribution is 5.85. The molecule has 0 aliphatic rings. The summed E-state index contributed by atoms with van der Waals surface area (Å²) in [5.41, 5.74) is 3.75. The molecule has 1 aromatic heterocycles. The third-order valence-corrected chi connectivity index (χ3v) is 3.78. The van der Waals surface area contributed by atoms with Gasteiger partial charge in [-0.2, -0.15) is 0 Å². The van der Waals surface area contributed by atoms with Crippen LogP contribution in [0.25, 0.3) is 11.1 Å². The summed E-state index contributed by atoms with van der Waals surface area (Å²) in [7, 11) is 0. The van der Waals surface area contributed by atoms with Crippen molar-refractivity contribution in [2.75, 3.05) is 6.54 Å². The van der Waals surface area contributed by atoms with Gasteiger partial charge in [-0.05, 0) is 29.7 Å². The van der Waals surface area contributed by atoms with Gasteiger partial charge in [0.25, 0.3) is 0 Å². The molecular formula is C21H23ClN2O. The van der Waals surface area contributed by atoms with Crippen LogP contribution < -0.4 is 10.1 Å². The maximum Gasteiger partial charge on any atom is 0.213 e. The third kappa shape index (κ3) is 5.89. The van der Waals surface area contributed by atoms with Crippen LogP contribution in [0.4, 0.5) is 0 Å². The van der Waals surface area contributed by atoms with Gasteiger partial charge in [-0.15, -0.1) is 12.4 Å². The Morgan fingerprint density at radius 2 is 1.56 bits per heavy atom. The smallest absolute Gasteiger partial charge is 0.213 e. The van der Waals surface area contributed by atoms with Crippen molar-refractivity contribution in [1.29, 1.82) is 0 Å². The molecule has 0 amide bonds. The number of hydrogen-bond acceptors (Lipinski definition) is 3. The van der Waals surface area contributed by atoms with Gasteiger partial charge in [0, 0.05) is 25.4 Å². The van der Waals surface area contributed by atoms with Crippen LogP contribution in [0, 0.1) is 0 Å². The van der Waals surface area contributed by atoms with E-state index in [1.54, 1.807) is 6.20 Å². The van der Waals surface area contributed by atoms with Gasteiger partial charge in [-0.25, -0.2) is 4.98 Å². The average Bonchev–Trinajstić information content (AvgIpc) is 2.64. The van der Waals surface area contributed by atoms with Crippen LogP contribution in [-0.4, -0.2) is 17.6 Å². The zero-order chi connectivity index (χ0) is 16.6. The normalized spacial score (nSPS) is 11.4. The van der Waals surface area contributed by atoms with Gasteiger partial charge in [0.15, 0.2) is 0 Å². The Hall–Kier alpha value is -2.36. The van der Waals surface area contributed by atoms with Gasteiger partial charge in [0.1, 0.15) is 6.10 Å². The van der Waals surface area contributed by atoms with Crippen molar-refractivity contribution < 1.29 is 4.74 Å². The monoisotopic (exact) mass is 354 g/mol. The van der Waals surface area contributed by atoms with Crippen molar-refractivity contribution in [3.63, 3.8) is 0 Å². The zero-order valence-corrected chi connectivity index (χ0v) is 15.1. The molecule has 3 aromatic rings. The van der Waals surface area contributed by atoms with Crippen molar-refractivity contribution in [2.24, 2.45) is 0 Å². The molecule has 1 N–H and O–H groups in total. The van der Waals surface area contributed by atoms with E-state index in [4.69, 9.17) is 4.74 Å². The first-order valence-corrected chi connectivity index (χ1v) is 8.24. The number of nitrogens with zero attached hydrogens (tertiary/aromatic N) is 1. The Kier molecular flexibility index (Phi) is 7.45. The lowest BCUT2D eigenvalue weighted by molar-refractivity contribution is 0.208. The highest BCUT2D eigenvalue weighted by Crippen LogP contribution is 2.19. The molecule has 25 heavy (non-hydrogen) atoms. The van der Waals surface area contributed by atoms with Gasteiger partial charge in [-0.3, -0.25) is 0 Å². The van der Waals surface area contributed by atoms with Crippen LogP contribution >= 0.6 is 12.4 Å². The average molecular weight is 355 g/mol. The Balaban J connectivity index is 0.00000225. The van der Waals surface area contributed by atoms with Gasteiger partial charge in [0.05, 0.1) is 0 Å². The molecule has 3 nitrogen and oxygen atoms in total. The summed E-state index contributed by atoms with van der Waals surface area (Å²) in [6.45, 7) is 3.64. The zero-order valence-electron chi connectivity index (χ0n) is 14.3. The molecule has 0 fully saturated rings. The van der Waals surface area contributed by atoms with E-state index in [1.807, 2.05) is 31.2 Å². The number of nitrogens with one attached hydrogen (secondary N) is 1. The first kappa shape index (κ1) is 19.0. The van der Waals surface area contributed by atoms with E-state index in [9.17, 15) is 0 Å². The van der Waals surface area contributed by atoms with E-state index < -0.39 is 0 Å². The highest BCUT2D eigenvalue weighted by Gasteiger charge is 2.04. The maximum absolute atomic E-state index is 5.76. The standard InChI is InChI=1S/C21H22N2O.ClH/c1-17(24-21-9-5-6-14-23-21)15-22-16-18-10-12-20(13-11-18)19-7-3-2-4-8-19;/h2-14,17,22H,15-16H2,1H3;1H. The summed E-state index contributed by atoms with van der Waals surface area (Å²) >= 11 is 0. The molecule has 0 saturated heterocycles. The summed E-state index contributed by atoms with van der Waals surface area (Å²) in [6.07, 6.45) is 1.81. The molecule has 0 bridgehead atoms. The fraction of sp³-hybridized carbons (Fsp3) is 0.190. The minimum Gasteiger partial charge on any atom is -0.473 e. The Bertz CT molecular complexity index is 733. The minimum atomic E-state index is 0. The number of benzene rings is 2. The summed E-state index contributed by atoms with van der Waals surface area (Å²) in [6, 6.07) is 24.8.